The second-order valence-corrected chi connectivity index (χ2v) is 8.68. The van der Waals surface area contributed by atoms with Gasteiger partial charge in [0.15, 0.2) is 0 Å². The van der Waals surface area contributed by atoms with Crippen LogP contribution in [0.3, 0.4) is 0 Å². The minimum atomic E-state index is -1.54. The number of hydrogen-bond acceptors (Lipinski definition) is 8. The zero-order chi connectivity index (χ0) is 21.4. The van der Waals surface area contributed by atoms with Crippen molar-refractivity contribution in [3.05, 3.63) is 17.5 Å². The van der Waals surface area contributed by atoms with Crippen LogP contribution in [-0.4, -0.2) is 70.4 Å². The van der Waals surface area contributed by atoms with E-state index in [-0.39, 0.29) is 18.2 Å². The maximum atomic E-state index is 13.2. The van der Waals surface area contributed by atoms with Crippen LogP contribution in [0.1, 0.15) is 13.8 Å². The van der Waals surface area contributed by atoms with Crippen molar-refractivity contribution >= 4 is 58.0 Å². The van der Waals surface area contributed by atoms with Gasteiger partial charge in [-0.05, 0) is 17.5 Å². The molecule has 0 aromatic carbocycles. The number of carboxylic acid groups (broad SMARTS) is 1. The number of carbonyl (C=O) groups excluding carboxylic acids is 3. The van der Waals surface area contributed by atoms with Gasteiger partial charge in [-0.3, -0.25) is 24.1 Å². The number of hydrazone groups is 1. The Morgan fingerprint density at radius 2 is 2.17 bits per heavy atom. The van der Waals surface area contributed by atoms with E-state index in [9.17, 15) is 24.3 Å². The van der Waals surface area contributed by atoms with Crippen molar-refractivity contribution in [3.8, 4) is 0 Å². The van der Waals surface area contributed by atoms with Crippen molar-refractivity contribution in [2.45, 2.75) is 24.9 Å². The standard InChI is InChI=1S/C17H20N4O6S2/c1-10(22)19-18-7-16(15(25)26)8-20-13(24)17(27-3,14(20)29-9-16)21(11(2)23)12-5-4-6-28-12/h4-7,14H,8-9H2,1-3H3,(H,19,22)(H,25,26)/t14-,16?,17?/m1/s1. The first-order chi connectivity index (χ1) is 13.7. The van der Waals surface area contributed by atoms with Crippen LogP contribution in [0.25, 0.3) is 0 Å². The number of nitrogens with one attached hydrogen (secondary N) is 1. The summed E-state index contributed by atoms with van der Waals surface area (Å²) in [6.45, 7) is 2.46. The van der Waals surface area contributed by atoms with Gasteiger partial charge in [-0.15, -0.1) is 23.1 Å². The Hall–Kier alpha value is -2.44. The van der Waals surface area contributed by atoms with Crippen molar-refractivity contribution in [1.82, 2.24) is 10.3 Å². The van der Waals surface area contributed by atoms with Gasteiger partial charge < -0.3 is 14.7 Å². The molecule has 3 atom stereocenters. The lowest BCUT2D eigenvalue weighted by molar-refractivity contribution is -0.191. The van der Waals surface area contributed by atoms with E-state index in [1.807, 2.05) is 0 Å². The number of fused-ring (bicyclic) bond motifs is 1. The van der Waals surface area contributed by atoms with Crippen LogP contribution in [0.2, 0.25) is 0 Å². The zero-order valence-electron chi connectivity index (χ0n) is 15.9. The number of thiophene rings is 1. The van der Waals surface area contributed by atoms with Crippen molar-refractivity contribution in [3.63, 3.8) is 0 Å². The Balaban J connectivity index is 1.92. The minimum Gasteiger partial charge on any atom is -0.480 e. The fourth-order valence-corrected chi connectivity index (χ4v) is 5.89. The Labute approximate surface area is 174 Å². The van der Waals surface area contributed by atoms with Crippen molar-refractivity contribution in [2.75, 3.05) is 24.3 Å². The Kier molecular flexibility index (Phi) is 5.70. The third-order valence-electron chi connectivity index (χ3n) is 4.78. The molecule has 10 nitrogen and oxygen atoms in total. The molecular formula is C17H20N4O6S2. The highest BCUT2D eigenvalue weighted by atomic mass is 32.2. The zero-order valence-corrected chi connectivity index (χ0v) is 17.6. The van der Waals surface area contributed by atoms with Crippen LogP contribution >= 0.6 is 23.1 Å². The van der Waals surface area contributed by atoms with E-state index in [0.29, 0.717) is 5.00 Å². The third-order valence-corrected chi connectivity index (χ3v) is 7.21. The molecule has 156 valence electrons. The number of aliphatic carboxylic acids is 1. The molecular weight excluding hydrogens is 420 g/mol. The molecule has 0 aliphatic carbocycles. The molecule has 0 bridgehead atoms. The number of amides is 3. The van der Waals surface area contributed by atoms with Gasteiger partial charge in [0, 0.05) is 39.5 Å². The lowest BCUT2D eigenvalue weighted by Crippen LogP contribution is -2.83. The Morgan fingerprint density at radius 3 is 2.69 bits per heavy atom. The molecule has 29 heavy (non-hydrogen) atoms. The molecule has 2 aliphatic heterocycles. The SMILES string of the molecule is COC1(N(C(C)=O)c2cccs2)C(=O)N2CC(C=NNC(C)=O)(C(=O)O)CS[C@@H]21. The molecule has 1 aromatic heterocycles. The molecule has 2 N–H and O–H groups in total. The number of thioether (sulfide) groups is 1. The van der Waals surface area contributed by atoms with Crippen LogP contribution in [0.4, 0.5) is 5.00 Å². The number of anilines is 1. The Morgan fingerprint density at radius 1 is 1.45 bits per heavy atom. The highest BCUT2D eigenvalue weighted by molar-refractivity contribution is 8.00. The number of carboxylic acids is 1. The van der Waals surface area contributed by atoms with Crippen LogP contribution in [0.5, 0.6) is 0 Å². The van der Waals surface area contributed by atoms with Gasteiger partial charge in [0.05, 0.1) is 0 Å². The maximum absolute atomic E-state index is 13.2. The van der Waals surface area contributed by atoms with Crippen molar-refractivity contribution in [1.29, 1.82) is 0 Å². The highest BCUT2D eigenvalue weighted by Gasteiger charge is 2.70. The van der Waals surface area contributed by atoms with E-state index in [1.54, 1.807) is 17.5 Å². The first-order valence-corrected chi connectivity index (χ1v) is 10.5. The number of carbonyl (C=O) groups is 4. The van der Waals surface area contributed by atoms with Crippen molar-refractivity contribution < 1.29 is 29.0 Å². The van der Waals surface area contributed by atoms with Gasteiger partial charge in [-0.2, -0.15) is 5.10 Å². The van der Waals surface area contributed by atoms with Gasteiger partial charge in [0.25, 0.3) is 11.6 Å². The smallest absolute Gasteiger partial charge is 0.317 e. The fraction of sp³-hybridized carbons (Fsp3) is 0.471. The number of hydrogen-bond donors (Lipinski definition) is 2. The molecule has 0 radical (unpaired) electrons. The average Bonchev–Trinajstić information content (AvgIpc) is 3.18. The van der Waals surface area contributed by atoms with E-state index in [1.165, 1.54) is 53.9 Å². The van der Waals surface area contributed by atoms with Crippen LogP contribution in [0, 0.1) is 5.41 Å². The first kappa shape index (κ1) is 21.3. The summed E-state index contributed by atoms with van der Waals surface area (Å²) in [5, 5.41) is 15.2. The molecule has 0 spiro atoms. The lowest BCUT2D eigenvalue weighted by atomic mass is 9.87. The molecule has 2 unspecified atom stereocenters. The summed E-state index contributed by atoms with van der Waals surface area (Å²) in [7, 11) is 1.36. The van der Waals surface area contributed by atoms with Crippen LogP contribution < -0.4 is 10.3 Å². The minimum absolute atomic E-state index is 0.0845. The predicted octanol–water partition coefficient (Wildman–Crippen LogP) is 0.552. The molecule has 2 aliphatic rings. The number of ether oxygens (including phenoxy) is 1. The summed E-state index contributed by atoms with van der Waals surface area (Å²) in [6, 6.07) is 3.49. The lowest BCUT2D eigenvalue weighted by Gasteiger charge is -2.61. The van der Waals surface area contributed by atoms with Gasteiger partial charge in [0.1, 0.15) is 15.8 Å². The first-order valence-electron chi connectivity index (χ1n) is 8.56. The topological polar surface area (TPSA) is 129 Å². The van der Waals surface area contributed by atoms with E-state index in [4.69, 9.17) is 4.74 Å². The molecule has 12 heteroatoms. The number of rotatable bonds is 6. The largest absolute Gasteiger partial charge is 0.480 e. The summed E-state index contributed by atoms with van der Waals surface area (Å²) < 4.78 is 5.61. The van der Waals surface area contributed by atoms with Gasteiger partial charge >= 0.3 is 5.97 Å². The van der Waals surface area contributed by atoms with Gasteiger partial charge in [0.2, 0.25) is 11.8 Å². The second-order valence-electron chi connectivity index (χ2n) is 6.69. The molecule has 3 rings (SSSR count). The highest BCUT2D eigenvalue weighted by Crippen LogP contribution is 2.51. The summed E-state index contributed by atoms with van der Waals surface area (Å²) in [5.74, 6) is -2.37. The van der Waals surface area contributed by atoms with E-state index in [2.05, 4.69) is 10.5 Å². The Bertz CT molecular complexity index is 875. The molecule has 2 saturated heterocycles. The molecule has 3 heterocycles. The normalized spacial score (nSPS) is 28.6. The number of β-lactam (4-membered cyclic amide) rings is 1. The third kappa shape index (κ3) is 3.30. The summed E-state index contributed by atoms with van der Waals surface area (Å²) in [6.07, 6.45) is 1.14. The van der Waals surface area contributed by atoms with Crippen molar-refractivity contribution in [2.24, 2.45) is 10.5 Å². The molecule has 1 aromatic rings. The molecule has 0 saturated carbocycles. The van der Waals surface area contributed by atoms with E-state index < -0.39 is 34.3 Å². The monoisotopic (exact) mass is 440 g/mol. The number of nitrogens with zero attached hydrogens (tertiary/aromatic N) is 3. The molecule has 2 fully saturated rings. The number of methoxy groups -OCH3 is 1. The van der Waals surface area contributed by atoms with E-state index >= 15 is 0 Å². The van der Waals surface area contributed by atoms with E-state index in [0.717, 1.165) is 6.21 Å². The average molecular weight is 441 g/mol. The van der Waals surface area contributed by atoms with Gasteiger partial charge in [-0.25, -0.2) is 5.43 Å². The van der Waals surface area contributed by atoms with Crippen LogP contribution in [0.15, 0.2) is 22.6 Å². The predicted molar refractivity (Wildman–Crippen MR) is 108 cm³/mol. The fourth-order valence-electron chi connectivity index (χ4n) is 3.44. The molecule has 3 amide bonds. The second kappa shape index (κ2) is 7.76. The summed E-state index contributed by atoms with van der Waals surface area (Å²) in [4.78, 5) is 51.3. The maximum Gasteiger partial charge on any atom is 0.317 e. The summed E-state index contributed by atoms with van der Waals surface area (Å²) >= 11 is 2.49. The summed E-state index contributed by atoms with van der Waals surface area (Å²) in [5.41, 5.74) is -0.825. The van der Waals surface area contributed by atoms with Crippen LogP contribution in [-0.2, 0) is 23.9 Å². The quantitative estimate of drug-likeness (QED) is 0.286. The van der Waals surface area contributed by atoms with Gasteiger partial charge in [-0.1, -0.05) is 0 Å².